The Morgan fingerprint density at radius 2 is 1.90 bits per heavy atom. The highest BCUT2D eigenvalue weighted by Gasteiger charge is 2.34. The van der Waals surface area contributed by atoms with E-state index in [4.69, 9.17) is 5.11 Å². The van der Waals surface area contributed by atoms with Crippen LogP contribution in [0.15, 0.2) is 0 Å². The van der Waals surface area contributed by atoms with Gasteiger partial charge < -0.3 is 14.9 Å². The third-order valence-corrected chi connectivity index (χ3v) is 4.71. The molecule has 0 bridgehead atoms. The van der Waals surface area contributed by atoms with Gasteiger partial charge in [-0.05, 0) is 24.7 Å². The minimum absolute atomic E-state index is 0.0578. The van der Waals surface area contributed by atoms with Crippen LogP contribution in [0.3, 0.4) is 0 Å². The van der Waals surface area contributed by atoms with E-state index in [2.05, 4.69) is 13.8 Å². The minimum atomic E-state index is -0.781. The van der Waals surface area contributed by atoms with Crippen molar-refractivity contribution < 1.29 is 19.5 Å². The summed E-state index contributed by atoms with van der Waals surface area (Å²) < 4.78 is 0. The first-order valence-corrected chi connectivity index (χ1v) is 7.66. The summed E-state index contributed by atoms with van der Waals surface area (Å²) in [6.45, 7) is 5.95. The van der Waals surface area contributed by atoms with Crippen molar-refractivity contribution in [2.24, 2.45) is 17.8 Å². The molecular weight excluding hydrogens is 272 g/mol. The molecular formula is C15H24N2O4. The molecule has 0 saturated carbocycles. The van der Waals surface area contributed by atoms with Gasteiger partial charge >= 0.3 is 5.97 Å². The molecule has 0 spiro atoms. The number of hydrogen-bond donors (Lipinski definition) is 1. The Hall–Kier alpha value is -1.59. The highest BCUT2D eigenvalue weighted by Crippen LogP contribution is 2.25. The van der Waals surface area contributed by atoms with E-state index in [-0.39, 0.29) is 24.3 Å². The van der Waals surface area contributed by atoms with Crippen LogP contribution in [0, 0.1) is 17.8 Å². The molecule has 6 heteroatoms. The average molecular weight is 296 g/mol. The predicted molar refractivity (Wildman–Crippen MR) is 76.5 cm³/mol. The first-order chi connectivity index (χ1) is 9.88. The quantitative estimate of drug-likeness (QED) is 0.833. The smallest absolute Gasteiger partial charge is 0.306 e. The van der Waals surface area contributed by atoms with Gasteiger partial charge in [0.25, 0.3) is 0 Å². The van der Waals surface area contributed by atoms with Gasteiger partial charge in [-0.25, -0.2) is 0 Å². The molecule has 2 aliphatic rings. The SMILES string of the molecule is CC(C)C1CC(=O)N(CC(=O)N2CCC(C(=O)O)CC2)C1. The number of likely N-dealkylation sites (tertiary alicyclic amines) is 2. The maximum atomic E-state index is 12.2. The fourth-order valence-electron chi connectivity index (χ4n) is 3.04. The van der Waals surface area contributed by atoms with Crippen LogP contribution in [0.5, 0.6) is 0 Å². The molecule has 2 rings (SSSR count). The molecule has 0 aromatic carbocycles. The lowest BCUT2D eigenvalue weighted by molar-refractivity contribution is -0.146. The van der Waals surface area contributed by atoms with Crippen molar-refractivity contribution >= 4 is 17.8 Å². The van der Waals surface area contributed by atoms with E-state index >= 15 is 0 Å². The number of carboxylic acid groups (broad SMARTS) is 1. The largest absolute Gasteiger partial charge is 0.481 e. The minimum Gasteiger partial charge on any atom is -0.481 e. The van der Waals surface area contributed by atoms with Gasteiger partial charge in [0.15, 0.2) is 0 Å². The fourth-order valence-corrected chi connectivity index (χ4v) is 3.04. The number of carbonyl (C=O) groups excluding carboxylic acids is 2. The molecule has 21 heavy (non-hydrogen) atoms. The lowest BCUT2D eigenvalue weighted by Crippen LogP contribution is -2.45. The molecule has 2 saturated heterocycles. The molecule has 0 aromatic rings. The highest BCUT2D eigenvalue weighted by atomic mass is 16.4. The normalized spacial score (nSPS) is 24.0. The number of carboxylic acids is 1. The summed E-state index contributed by atoms with van der Waals surface area (Å²) in [7, 11) is 0. The van der Waals surface area contributed by atoms with E-state index in [1.54, 1.807) is 9.80 Å². The van der Waals surface area contributed by atoms with E-state index in [0.29, 0.717) is 50.7 Å². The Balaban J connectivity index is 1.83. The number of piperidine rings is 1. The van der Waals surface area contributed by atoms with Crippen molar-refractivity contribution in [1.29, 1.82) is 0 Å². The van der Waals surface area contributed by atoms with Crippen LogP contribution in [-0.2, 0) is 14.4 Å². The van der Waals surface area contributed by atoms with Gasteiger partial charge in [-0.2, -0.15) is 0 Å². The van der Waals surface area contributed by atoms with E-state index in [1.807, 2.05) is 0 Å². The Bertz CT molecular complexity index is 427. The second-order valence-electron chi connectivity index (χ2n) is 6.48. The average Bonchev–Trinajstić information content (AvgIpc) is 2.80. The fraction of sp³-hybridized carbons (Fsp3) is 0.800. The van der Waals surface area contributed by atoms with Crippen LogP contribution in [0.2, 0.25) is 0 Å². The lowest BCUT2D eigenvalue weighted by atomic mass is 9.95. The number of rotatable bonds is 4. The zero-order valence-corrected chi connectivity index (χ0v) is 12.7. The highest BCUT2D eigenvalue weighted by molar-refractivity contribution is 5.86. The standard InChI is InChI=1S/C15H24N2O4/c1-10(2)12-7-13(18)17(8-12)9-14(19)16-5-3-11(4-6-16)15(20)21/h10-12H,3-9H2,1-2H3,(H,20,21). The molecule has 6 nitrogen and oxygen atoms in total. The predicted octanol–water partition coefficient (Wildman–Crippen LogP) is 0.814. The first-order valence-electron chi connectivity index (χ1n) is 7.66. The van der Waals surface area contributed by atoms with Crippen molar-refractivity contribution in [2.45, 2.75) is 33.1 Å². The molecule has 2 heterocycles. The number of aliphatic carboxylic acids is 1. The van der Waals surface area contributed by atoms with Gasteiger partial charge in [-0.1, -0.05) is 13.8 Å². The molecule has 0 aliphatic carbocycles. The Labute approximate surface area is 125 Å². The zero-order valence-electron chi connectivity index (χ0n) is 12.7. The van der Waals surface area contributed by atoms with Crippen molar-refractivity contribution in [2.75, 3.05) is 26.2 Å². The van der Waals surface area contributed by atoms with Crippen LogP contribution >= 0.6 is 0 Å². The maximum absolute atomic E-state index is 12.2. The molecule has 2 amide bonds. The van der Waals surface area contributed by atoms with Gasteiger partial charge in [0.1, 0.15) is 0 Å². The molecule has 2 aliphatic heterocycles. The third kappa shape index (κ3) is 3.74. The molecule has 0 aromatic heterocycles. The maximum Gasteiger partial charge on any atom is 0.306 e. The van der Waals surface area contributed by atoms with E-state index in [0.717, 1.165) is 0 Å². The summed E-state index contributed by atoms with van der Waals surface area (Å²) >= 11 is 0. The molecule has 1 atom stereocenters. The van der Waals surface area contributed by atoms with Crippen molar-refractivity contribution in [3.63, 3.8) is 0 Å². The summed E-state index contributed by atoms with van der Waals surface area (Å²) in [4.78, 5) is 38.4. The Morgan fingerprint density at radius 3 is 2.38 bits per heavy atom. The number of hydrogen-bond acceptors (Lipinski definition) is 3. The summed E-state index contributed by atoms with van der Waals surface area (Å²) in [6, 6.07) is 0. The first kappa shape index (κ1) is 15.8. The van der Waals surface area contributed by atoms with Gasteiger partial charge in [-0.3, -0.25) is 14.4 Å². The van der Waals surface area contributed by atoms with E-state index < -0.39 is 5.97 Å². The van der Waals surface area contributed by atoms with E-state index in [1.165, 1.54) is 0 Å². The lowest BCUT2D eigenvalue weighted by Gasteiger charge is -2.31. The van der Waals surface area contributed by atoms with Gasteiger partial charge in [0.2, 0.25) is 11.8 Å². The van der Waals surface area contributed by atoms with Gasteiger partial charge in [0.05, 0.1) is 12.5 Å². The third-order valence-electron chi connectivity index (χ3n) is 4.71. The Morgan fingerprint density at radius 1 is 1.29 bits per heavy atom. The second-order valence-corrected chi connectivity index (χ2v) is 6.48. The monoisotopic (exact) mass is 296 g/mol. The second kappa shape index (κ2) is 6.45. The van der Waals surface area contributed by atoms with Gasteiger partial charge in [-0.15, -0.1) is 0 Å². The summed E-state index contributed by atoms with van der Waals surface area (Å²) in [5.74, 6) is -0.341. The number of amides is 2. The van der Waals surface area contributed by atoms with Crippen molar-refractivity contribution in [3.05, 3.63) is 0 Å². The van der Waals surface area contributed by atoms with Gasteiger partial charge in [0, 0.05) is 26.1 Å². The van der Waals surface area contributed by atoms with Crippen molar-refractivity contribution in [1.82, 2.24) is 9.80 Å². The van der Waals surface area contributed by atoms with Crippen LogP contribution in [0.1, 0.15) is 33.1 Å². The molecule has 118 valence electrons. The molecule has 0 radical (unpaired) electrons. The number of carbonyl (C=O) groups is 3. The summed E-state index contributed by atoms with van der Waals surface area (Å²) in [5.41, 5.74) is 0. The van der Waals surface area contributed by atoms with Crippen LogP contribution < -0.4 is 0 Å². The number of nitrogens with zero attached hydrogens (tertiary/aromatic N) is 2. The van der Waals surface area contributed by atoms with Crippen LogP contribution in [0.4, 0.5) is 0 Å². The van der Waals surface area contributed by atoms with Crippen molar-refractivity contribution in [3.8, 4) is 0 Å². The van der Waals surface area contributed by atoms with Crippen LogP contribution in [0.25, 0.3) is 0 Å². The zero-order chi connectivity index (χ0) is 15.6. The molecule has 2 fully saturated rings. The molecule has 1 unspecified atom stereocenters. The van der Waals surface area contributed by atoms with Crippen LogP contribution in [-0.4, -0.2) is 58.9 Å². The topological polar surface area (TPSA) is 77.9 Å². The summed E-state index contributed by atoms with van der Waals surface area (Å²) in [6.07, 6.45) is 1.54. The Kier molecular flexibility index (Phi) is 4.85. The summed E-state index contributed by atoms with van der Waals surface area (Å²) in [5, 5.41) is 8.95. The molecule has 1 N–H and O–H groups in total. The van der Waals surface area contributed by atoms with E-state index in [9.17, 15) is 14.4 Å².